The van der Waals surface area contributed by atoms with Crippen molar-refractivity contribution in [3.8, 4) is 0 Å². The van der Waals surface area contributed by atoms with Gasteiger partial charge in [0.25, 0.3) is 0 Å². The fraction of sp³-hybridized carbons (Fsp3) is 0.619. The Morgan fingerprint density at radius 1 is 1.07 bits per heavy atom. The average Bonchev–Trinajstić information content (AvgIpc) is 2.72. The number of aryl methyl sites for hydroxylation is 1. The Bertz CT molecular complexity index is 645. The molecule has 0 aromatic heterocycles. The molecule has 0 aliphatic carbocycles. The molecule has 2 aliphatic rings. The van der Waals surface area contributed by atoms with Crippen LogP contribution in [-0.4, -0.2) is 62.6 Å². The Morgan fingerprint density at radius 3 is 2.64 bits per heavy atom. The summed E-state index contributed by atoms with van der Waals surface area (Å²) in [5.74, 6) is 0.795. The minimum atomic E-state index is 0. The number of nitrogens with one attached hydrogen (secondary N) is 2. The summed E-state index contributed by atoms with van der Waals surface area (Å²) >= 11 is 0. The first-order valence-electron chi connectivity index (χ1n) is 10.4. The van der Waals surface area contributed by atoms with Crippen molar-refractivity contribution in [3.05, 3.63) is 29.8 Å². The molecule has 1 aromatic rings. The average molecular weight is 499 g/mol. The largest absolute Gasteiger partial charge is 0.357 e. The first kappa shape index (κ1) is 22.9. The number of anilines is 1. The molecular formula is C21H34IN5O. The molecule has 3 rings (SSSR count). The predicted octanol–water partition coefficient (Wildman–Crippen LogP) is 2.62. The number of likely N-dealkylation sites (tertiary alicyclic amines) is 1. The van der Waals surface area contributed by atoms with Gasteiger partial charge in [-0.25, -0.2) is 4.99 Å². The van der Waals surface area contributed by atoms with Crippen LogP contribution in [0.2, 0.25) is 0 Å². The SMILES string of the molecule is CCNC(=NCC(=O)N1CCCc2ccccc21)NCCN1CCCCC1.I. The molecule has 2 aliphatic heterocycles. The molecule has 0 radical (unpaired) electrons. The number of aliphatic imine (C=N–C) groups is 1. The van der Waals surface area contributed by atoms with Gasteiger partial charge in [-0.3, -0.25) is 4.79 Å². The van der Waals surface area contributed by atoms with E-state index in [1.165, 1.54) is 37.9 Å². The normalized spacial score (nSPS) is 17.5. The minimum Gasteiger partial charge on any atom is -0.357 e. The summed E-state index contributed by atoms with van der Waals surface area (Å²) < 4.78 is 0. The van der Waals surface area contributed by atoms with Gasteiger partial charge in [0, 0.05) is 31.9 Å². The molecule has 0 saturated carbocycles. The molecule has 1 saturated heterocycles. The van der Waals surface area contributed by atoms with Gasteiger partial charge in [-0.2, -0.15) is 0 Å². The van der Waals surface area contributed by atoms with Crippen LogP contribution in [0.5, 0.6) is 0 Å². The van der Waals surface area contributed by atoms with Crippen LogP contribution in [0.15, 0.2) is 29.3 Å². The first-order chi connectivity index (χ1) is 13.3. The van der Waals surface area contributed by atoms with Crippen LogP contribution in [0.3, 0.4) is 0 Å². The van der Waals surface area contributed by atoms with Crippen LogP contribution in [0.1, 0.15) is 38.2 Å². The van der Waals surface area contributed by atoms with Gasteiger partial charge in [0.15, 0.2) is 5.96 Å². The van der Waals surface area contributed by atoms with E-state index in [1.807, 2.05) is 30.0 Å². The molecular weight excluding hydrogens is 465 g/mol. The molecule has 0 atom stereocenters. The Kier molecular flexibility index (Phi) is 10.0. The van der Waals surface area contributed by atoms with Crippen molar-refractivity contribution in [2.75, 3.05) is 50.7 Å². The molecule has 156 valence electrons. The molecule has 0 spiro atoms. The highest BCUT2D eigenvalue weighted by atomic mass is 127. The Labute approximate surface area is 186 Å². The zero-order chi connectivity index (χ0) is 18.9. The third-order valence-corrected chi connectivity index (χ3v) is 5.30. The van der Waals surface area contributed by atoms with E-state index in [-0.39, 0.29) is 36.4 Å². The number of piperidine rings is 1. The van der Waals surface area contributed by atoms with E-state index in [4.69, 9.17) is 0 Å². The van der Waals surface area contributed by atoms with Crippen molar-refractivity contribution < 1.29 is 4.79 Å². The van der Waals surface area contributed by atoms with Crippen LogP contribution in [0.4, 0.5) is 5.69 Å². The molecule has 7 heteroatoms. The Morgan fingerprint density at radius 2 is 1.86 bits per heavy atom. The second-order valence-electron chi connectivity index (χ2n) is 7.30. The first-order valence-corrected chi connectivity index (χ1v) is 10.4. The van der Waals surface area contributed by atoms with E-state index in [1.54, 1.807) is 0 Å². The van der Waals surface area contributed by atoms with E-state index in [9.17, 15) is 4.79 Å². The lowest BCUT2D eigenvalue weighted by Gasteiger charge is -2.29. The number of fused-ring (bicyclic) bond motifs is 1. The summed E-state index contributed by atoms with van der Waals surface area (Å²) in [6.45, 7) is 8.06. The Balaban J connectivity index is 0.00000280. The summed E-state index contributed by atoms with van der Waals surface area (Å²) in [6.07, 6.45) is 6.03. The quantitative estimate of drug-likeness (QED) is 0.359. The minimum absolute atomic E-state index is 0. The number of carbonyl (C=O) groups is 1. The van der Waals surface area contributed by atoms with Gasteiger partial charge < -0.3 is 20.4 Å². The zero-order valence-electron chi connectivity index (χ0n) is 17.0. The number of nitrogens with zero attached hydrogens (tertiary/aromatic N) is 3. The van der Waals surface area contributed by atoms with Gasteiger partial charge in [0.1, 0.15) is 6.54 Å². The maximum atomic E-state index is 12.7. The lowest BCUT2D eigenvalue weighted by atomic mass is 10.0. The maximum absolute atomic E-state index is 12.7. The lowest BCUT2D eigenvalue weighted by Crippen LogP contribution is -2.43. The molecule has 0 unspecified atom stereocenters. The number of rotatable bonds is 6. The highest BCUT2D eigenvalue weighted by Crippen LogP contribution is 2.26. The summed E-state index contributed by atoms with van der Waals surface area (Å²) in [7, 11) is 0. The molecule has 6 nitrogen and oxygen atoms in total. The number of guanidine groups is 1. The number of hydrogen-bond donors (Lipinski definition) is 2. The van der Waals surface area contributed by atoms with E-state index in [2.05, 4.69) is 26.6 Å². The molecule has 1 aromatic carbocycles. The number of hydrogen-bond acceptors (Lipinski definition) is 3. The number of carbonyl (C=O) groups excluding carboxylic acids is 1. The van der Waals surface area contributed by atoms with E-state index < -0.39 is 0 Å². The third-order valence-electron chi connectivity index (χ3n) is 5.30. The maximum Gasteiger partial charge on any atom is 0.248 e. The second-order valence-corrected chi connectivity index (χ2v) is 7.30. The number of halogens is 1. The lowest BCUT2D eigenvalue weighted by molar-refractivity contribution is -0.117. The second kappa shape index (κ2) is 12.3. The van der Waals surface area contributed by atoms with Gasteiger partial charge in [-0.1, -0.05) is 24.6 Å². The van der Waals surface area contributed by atoms with Gasteiger partial charge >= 0.3 is 0 Å². The van der Waals surface area contributed by atoms with Crippen LogP contribution in [0.25, 0.3) is 0 Å². The molecule has 28 heavy (non-hydrogen) atoms. The van der Waals surface area contributed by atoms with Crippen molar-refractivity contribution in [2.45, 2.75) is 39.0 Å². The molecule has 1 fully saturated rings. The molecule has 2 N–H and O–H groups in total. The van der Waals surface area contributed by atoms with Gasteiger partial charge in [-0.05, 0) is 57.3 Å². The monoisotopic (exact) mass is 499 g/mol. The number of benzene rings is 1. The van der Waals surface area contributed by atoms with Crippen LogP contribution < -0.4 is 15.5 Å². The van der Waals surface area contributed by atoms with E-state index in [0.29, 0.717) is 0 Å². The van der Waals surface area contributed by atoms with Crippen LogP contribution in [0, 0.1) is 0 Å². The molecule has 1 amide bonds. The number of amides is 1. The van der Waals surface area contributed by atoms with Crippen LogP contribution in [-0.2, 0) is 11.2 Å². The van der Waals surface area contributed by atoms with Crippen LogP contribution >= 0.6 is 24.0 Å². The van der Waals surface area contributed by atoms with Gasteiger partial charge in [-0.15, -0.1) is 24.0 Å². The predicted molar refractivity (Wildman–Crippen MR) is 127 cm³/mol. The van der Waals surface area contributed by atoms with Crippen molar-refractivity contribution in [1.29, 1.82) is 0 Å². The number of para-hydroxylation sites is 1. The zero-order valence-corrected chi connectivity index (χ0v) is 19.3. The van der Waals surface area contributed by atoms with Crippen molar-refractivity contribution in [3.63, 3.8) is 0 Å². The van der Waals surface area contributed by atoms with E-state index >= 15 is 0 Å². The van der Waals surface area contributed by atoms with Crippen molar-refractivity contribution in [1.82, 2.24) is 15.5 Å². The third kappa shape index (κ3) is 6.62. The van der Waals surface area contributed by atoms with Crippen molar-refractivity contribution in [2.24, 2.45) is 4.99 Å². The standard InChI is InChI=1S/C21H33N5O.HI/c1-2-22-21(23-12-16-25-13-6-3-7-14-25)24-17-20(27)26-15-8-10-18-9-4-5-11-19(18)26;/h4-5,9,11H,2-3,6-8,10,12-17H2,1H3,(H2,22,23,24);1H. The summed E-state index contributed by atoms with van der Waals surface area (Å²) in [5, 5.41) is 6.62. The smallest absolute Gasteiger partial charge is 0.248 e. The van der Waals surface area contributed by atoms with Gasteiger partial charge in [0.05, 0.1) is 0 Å². The van der Waals surface area contributed by atoms with Gasteiger partial charge in [0.2, 0.25) is 5.91 Å². The van der Waals surface area contributed by atoms with Crippen molar-refractivity contribution >= 4 is 41.5 Å². The summed E-state index contributed by atoms with van der Waals surface area (Å²) in [5.41, 5.74) is 2.31. The summed E-state index contributed by atoms with van der Waals surface area (Å²) in [6, 6.07) is 8.20. The summed E-state index contributed by atoms with van der Waals surface area (Å²) in [4.78, 5) is 21.7. The fourth-order valence-electron chi connectivity index (χ4n) is 3.88. The highest BCUT2D eigenvalue weighted by Gasteiger charge is 2.21. The molecule has 0 bridgehead atoms. The highest BCUT2D eigenvalue weighted by molar-refractivity contribution is 14.0. The fourth-order valence-corrected chi connectivity index (χ4v) is 3.88. The topological polar surface area (TPSA) is 60.0 Å². The Hall–Kier alpha value is -1.35. The van der Waals surface area contributed by atoms with E-state index in [0.717, 1.165) is 50.7 Å². The molecule has 2 heterocycles.